The molecular formula is C24H32N2O4S. The second kappa shape index (κ2) is 10.3. The number of carbonyl (C=O) groups excluding carboxylic acids is 1. The summed E-state index contributed by atoms with van der Waals surface area (Å²) in [6, 6.07) is 13.4. The highest BCUT2D eigenvalue weighted by molar-refractivity contribution is 7.89. The van der Waals surface area contributed by atoms with Crippen LogP contribution in [0.15, 0.2) is 53.4 Å². The van der Waals surface area contributed by atoms with Crippen molar-refractivity contribution >= 4 is 21.6 Å². The Kier molecular flexibility index (Phi) is 7.73. The fourth-order valence-electron chi connectivity index (χ4n) is 3.71. The topological polar surface area (TPSA) is 75.7 Å². The molecule has 1 saturated carbocycles. The molecule has 0 aliphatic heterocycles. The third kappa shape index (κ3) is 6.08. The van der Waals surface area contributed by atoms with E-state index in [9.17, 15) is 13.2 Å². The Hall–Kier alpha value is -2.38. The smallest absolute Gasteiger partial charge is 0.255 e. The molecule has 0 saturated heterocycles. The highest BCUT2D eigenvalue weighted by atomic mass is 32.2. The highest BCUT2D eigenvalue weighted by Gasteiger charge is 2.28. The van der Waals surface area contributed by atoms with Crippen LogP contribution in [0.25, 0.3) is 0 Å². The number of carbonyl (C=O) groups is 1. The fourth-order valence-corrected chi connectivity index (χ4v) is 5.13. The van der Waals surface area contributed by atoms with E-state index in [1.54, 1.807) is 49.5 Å². The third-order valence-corrected chi connectivity index (χ3v) is 7.48. The van der Waals surface area contributed by atoms with Gasteiger partial charge < -0.3 is 10.1 Å². The molecule has 0 radical (unpaired) electrons. The number of sulfonamides is 1. The van der Waals surface area contributed by atoms with Gasteiger partial charge in [-0.15, -0.1) is 0 Å². The number of rotatable bonds is 8. The van der Waals surface area contributed by atoms with E-state index in [2.05, 4.69) is 19.2 Å². The minimum absolute atomic E-state index is 0.0586. The van der Waals surface area contributed by atoms with Crippen molar-refractivity contribution in [2.75, 3.05) is 19.0 Å². The molecule has 0 aromatic heterocycles. The minimum Gasteiger partial charge on any atom is -0.493 e. The monoisotopic (exact) mass is 444 g/mol. The Morgan fingerprint density at radius 2 is 1.77 bits per heavy atom. The van der Waals surface area contributed by atoms with Crippen LogP contribution in [-0.4, -0.2) is 38.3 Å². The van der Waals surface area contributed by atoms with E-state index in [1.807, 2.05) is 6.07 Å². The molecule has 0 heterocycles. The van der Waals surface area contributed by atoms with Crippen LogP contribution in [0.4, 0.5) is 5.69 Å². The summed E-state index contributed by atoms with van der Waals surface area (Å²) in [4.78, 5) is 12.8. The Morgan fingerprint density at radius 3 is 2.42 bits per heavy atom. The Morgan fingerprint density at radius 1 is 1.10 bits per heavy atom. The summed E-state index contributed by atoms with van der Waals surface area (Å²) in [5.74, 6) is 0.767. The lowest BCUT2D eigenvalue weighted by molar-refractivity contribution is 0.102. The first-order valence-corrected chi connectivity index (χ1v) is 12.3. The second-order valence-electron chi connectivity index (χ2n) is 8.52. The van der Waals surface area contributed by atoms with Gasteiger partial charge in [0.25, 0.3) is 5.91 Å². The van der Waals surface area contributed by atoms with Gasteiger partial charge >= 0.3 is 0 Å². The lowest BCUT2D eigenvalue weighted by atomic mass is 9.96. The lowest BCUT2D eigenvalue weighted by Crippen LogP contribution is -2.38. The van der Waals surface area contributed by atoms with Crippen LogP contribution in [-0.2, 0) is 10.0 Å². The minimum atomic E-state index is -3.55. The molecule has 0 bridgehead atoms. The fraction of sp³-hybridized carbons (Fsp3) is 0.458. The zero-order valence-electron chi connectivity index (χ0n) is 18.5. The van der Waals surface area contributed by atoms with Crippen LogP contribution in [0.1, 0.15) is 56.3 Å². The molecule has 1 fully saturated rings. The van der Waals surface area contributed by atoms with Crippen LogP contribution < -0.4 is 10.1 Å². The summed E-state index contributed by atoms with van der Waals surface area (Å²) in [7, 11) is -1.89. The van der Waals surface area contributed by atoms with Crippen LogP contribution in [0, 0.1) is 5.92 Å². The van der Waals surface area contributed by atoms with E-state index >= 15 is 0 Å². The van der Waals surface area contributed by atoms with Crippen molar-refractivity contribution in [2.24, 2.45) is 5.92 Å². The van der Waals surface area contributed by atoms with Gasteiger partial charge in [-0.05, 0) is 61.2 Å². The van der Waals surface area contributed by atoms with E-state index in [1.165, 1.54) is 10.7 Å². The molecule has 1 aliphatic rings. The average molecular weight is 445 g/mol. The zero-order chi connectivity index (χ0) is 22.4. The Labute approximate surface area is 185 Å². The van der Waals surface area contributed by atoms with E-state index in [-0.39, 0.29) is 16.8 Å². The number of nitrogens with zero attached hydrogens (tertiary/aromatic N) is 1. The predicted octanol–water partition coefficient (Wildman–Crippen LogP) is 4.93. The summed E-state index contributed by atoms with van der Waals surface area (Å²) in [5, 5.41) is 2.82. The number of hydrogen-bond acceptors (Lipinski definition) is 4. The SMILES string of the molecule is CC(C)COc1cccc(C(=O)Nc2ccc(S(=O)(=O)N(C)C3CCCCC3)cc2)c1. The molecule has 2 aromatic rings. The molecule has 6 nitrogen and oxygen atoms in total. The van der Waals surface area contributed by atoms with Crippen LogP contribution in [0.3, 0.4) is 0 Å². The molecule has 1 amide bonds. The van der Waals surface area contributed by atoms with Crippen LogP contribution >= 0.6 is 0 Å². The van der Waals surface area contributed by atoms with Gasteiger partial charge in [-0.2, -0.15) is 4.31 Å². The highest BCUT2D eigenvalue weighted by Crippen LogP contribution is 2.27. The first-order valence-electron chi connectivity index (χ1n) is 10.9. The van der Waals surface area contributed by atoms with E-state index in [0.717, 1.165) is 25.7 Å². The Bertz CT molecular complexity index is 981. The summed E-state index contributed by atoms with van der Waals surface area (Å²) >= 11 is 0. The molecule has 0 atom stereocenters. The lowest BCUT2D eigenvalue weighted by Gasteiger charge is -2.30. The van der Waals surface area contributed by atoms with Crippen molar-refractivity contribution in [3.63, 3.8) is 0 Å². The van der Waals surface area contributed by atoms with Crippen molar-refractivity contribution < 1.29 is 17.9 Å². The van der Waals surface area contributed by atoms with Crippen LogP contribution in [0.2, 0.25) is 0 Å². The van der Waals surface area contributed by atoms with Gasteiger partial charge in [-0.25, -0.2) is 8.42 Å². The first-order chi connectivity index (χ1) is 14.8. The summed E-state index contributed by atoms with van der Waals surface area (Å²) < 4.78 is 33.1. The van der Waals surface area contributed by atoms with E-state index in [4.69, 9.17) is 4.74 Å². The van der Waals surface area contributed by atoms with Gasteiger partial charge in [0.2, 0.25) is 10.0 Å². The maximum absolute atomic E-state index is 13.0. The van der Waals surface area contributed by atoms with Gasteiger partial charge in [-0.1, -0.05) is 39.2 Å². The standard InChI is InChI=1S/C24H32N2O4S/c1-18(2)17-30-22-11-7-8-19(16-22)24(27)25-20-12-14-23(15-13-20)31(28,29)26(3)21-9-5-4-6-10-21/h7-8,11-16,18,21H,4-6,9-10,17H2,1-3H3,(H,25,27). The normalized spacial score (nSPS) is 15.3. The predicted molar refractivity (Wildman–Crippen MR) is 123 cm³/mol. The summed E-state index contributed by atoms with van der Waals surface area (Å²) in [5.41, 5.74) is 1.02. The molecular weight excluding hydrogens is 412 g/mol. The van der Waals surface area contributed by atoms with Crippen molar-refractivity contribution in [2.45, 2.75) is 56.9 Å². The number of hydrogen-bond donors (Lipinski definition) is 1. The molecule has 1 N–H and O–H groups in total. The maximum Gasteiger partial charge on any atom is 0.255 e. The molecule has 2 aromatic carbocycles. The van der Waals surface area contributed by atoms with Gasteiger partial charge in [0.15, 0.2) is 0 Å². The quantitative estimate of drug-likeness (QED) is 0.627. The van der Waals surface area contributed by atoms with E-state index in [0.29, 0.717) is 29.5 Å². The average Bonchev–Trinajstić information content (AvgIpc) is 2.78. The largest absolute Gasteiger partial charge is 0.493 e. The molecule has 0 unspecified atom stereocenters. The molecule has 168 valence electrons. The van der Waals surface area contributed by atoms with Gasteiger partial charge in [-0.3, -0.25) is 4.79 Å². The number of ether oxygens (including phenoxy) is 1. The summed E-state index contributed by atoms with van der Waals surface area (Å²) in [6.07, 6.45) is 5.12. The first kappa shape index (κ1) is 23.3. The van der Waals surface area contributed by atoms with Crippen LogP contribution in [0.5, 0.6) is 5.75 Å². The zero-order valence-corrected chi connectivity index (χ0v) is 19.3. The van der Waals surface area contributed by atoms with Crippen molar-refractivity contribution in [1.82, 2.24) is 4.31 Å². The Balaban J connectivity index is 1.66. The van der Waals surface area contributed by atoms with Crippen molar-refractivity contribution in [1.29, 1.82) is 0 Å². The maximum atomic E-state index is 13.0. The molecule has 31 heavy (non-hydrogen) atoms. The van der Waals surface area contributed by atoms with Gasteiger partial charge in [0.1, 0.15) is 5.75 Å². The third-order valence-electron chi connectivity index (χ3n) is 5.56. The number of benzene rings is 2. The molecule has 1 aliphatic carbocycles. The molecule has 7 heteroatoms. The van der Waals surface area contributed by atoms with Gasteiger partial charge in [0, 0.05) is 24.3 Å². The second-order valence-corrected chi connectivity index (χ2v) is 10.5. The number of anilines is 1. The van der Waals surface area contributed by atoms with Crippen molar-refractivity contribution in [3.8, 4) is 5.75 Å². The summed E-state index contributed by atoms with van der Waals surface area (Å²) in [6.45, 7) is 4.71. The molecule has 3 rings (SSSR count). The number of amides is 1. The number of nitrogens with one attached hydrogen (secondary N) is 1. The molecule has 0 spiro atoms. The van der Waals surface area contributed by atoms with Crippen molar-refractivity contribution in [3.05, 3.63) is 54.1 Å². The van der Waals surface area contributed by atoms with E-state index < -0.39 is 10.0 Å². The van der Waals surface area contributed by atoms with Gasteiger partial charge in [0.05, 0.1) is 11.5 Å².